The second kappa shape index (κ2) is 8.80. The summed E-state index contributed by atoms with van der Waals surface area (Å²) in [6.07, 6.45) is 3.38. The highest BCUT2D eigenvalue weighted by molar-refractivity contribution is 7.80. The van der Waals surface area contributed by atoms with Crippen LogP contribution in [0.25, 0.3) is 33.3 Å². The van der Waals surface area contributed by atoms with E-state index < -0.39 is 0 Å². The number of hydrogen-bond donors (Lipinski definition) is 1. The number of aromatic nitrogens is 3. The van der Waals surface area contributed by atoms with Crippen molar-refractivity contribution in [3.8, 4) is 28.3 Å². The monoisotopic (exact) mass is 462 g/mol. The number of benzene rings is 3. The molecule has 5 aromatic rings. The molecule has 0 N–H and O–H groups in total. The minimum Gasteiger partial charge on any atom is -0.469 e. The predicted molar refractivity (Wildman–Crippen MR) is 139 cm³/mol. The third-order valence-corrected chi connectivity index (χ3v) is 6.45. The topological polar surface area (TPSA) is 51.1 Å². The zero-order chi connectivity index (χ0) is 22.9. The fraction of sp³-hybridized carbons (Fsp3) is 0.107. The maximum Gasteiger partial charge on any atom is 0.241 e. The molecule has 2 aromatic heterocycles. The summed E-state index contributed by atoms with van der Waals surface area (Å²) < 4.78 is 6.30. The van der Waals surface area contributed by atoms with E-state index in [0.717, 1.165) is 51.4 Å². The molecule has 6 heteroatoms. The van der Waals surface area contributed by atoms with E-state index in [1.165, 1.54) is 0 Å². The summed E-state index contributed by atoms with van der Waals surface area (Å²) in [5.74, 6) is 1.49. The number of rotatable bonds is 5. The molecule has 0 aliphatic carbocycles. The van der Waals surface area contributed by atoms with Gasteiger partial charge < -0.3 is 9.64 Å². The zero-order valence-corrected chi connectivity index (χ0v) is 19.3. The summed E-state index contributed by atoms with van der Waals surface area (Å²) in [7, 11) is 0. The first kappa shape index (κ1) is 20.7. The molecule has 0 spiro atoms. The Balaban J connectivity index is 1.22. The predicted octanol–water partition coefficient (Wildman–Crippen LogP) is 5.92. The van der Waals surface area contributed by atoms with Crippen LogP contribution in [-0.4, -0.2) is 34.1 Å². The molecule has 6 rings (SSSR count). The van der Waals surface area contributed by atoms with Crippen molar-refractivity contribution in [1.82, 2.24) is 15.0 Å². The minimum atomic E-state index is 0.0180. The van der Waals surface area contributed by atoms with Gasteiger partial charge in [0, 0.05) is 28.2 Å². The molecule has 0 bridgehead atoms. The van der Waals surface area contributed by atoms with Gasteiger partial charge in [-0.2, -0.15) is 0 Å². The first-order valence-corrected chi connectivity index (χ1v) is 11.7. The molecule has 0 saturated carbocycles. The van der Waals surface area contributed by atoms with Crippen LogP contribution in [0.3, 0.4) is 0 Å². The van der Waals surface area contributed by atoms with Gasteiger partial charge in [-0.25, -0.2) is 15.0 Å². The summed E-state index contributed by atoms with van der Waals surface area (Å²) in [4.78, 5) is 16.9. The Kier molecular flexibility index (Phi) is 5.35. The van der Waals surface area contributed by atoms with E-state index in [4.69, 9.17) is 22.3 Å². The normalized spacial score (nSPS) is 13.6. The second-order valence-electron chi connectivity index (χ2n) is 8.32. The van der Waals surface area contributed by atoms with E-state index in [1.54, 1.807) is 12.4 Å². The lowest BCUT2D eigenvalue weighted by atomic mass is 10.0. The molecule has 0 radical (unpaired) electrons. The molecule has 0 atom stereocenters. The van der Waals surface area contributed by atoms with Gasteiger partial charge in [-0.05, 0) is 41.5 Å². The molecule has 0 amide bonds. The van der Waals surface area contributed by atoms with Crippen LogP contribution in [0.5, 0.6) is 5.88 Å². The first-order valence-electron chi connectivity index (χ1n) is 11.2. The quantitative estimate of drug-likeness (QED) is 0.329. The maximum absolute atomic E-state index is 6.30. The standard InChI is InChI=1S/C28H22N4OS/c34-25-12-10-21(19-6-2-1-3-7-19)16-23(25)27-28(30-15-14-29-27)33-22-17-32(18-22)26-13-11-20-8-4-5-9-24(20)31-26/h1-16,22,34H,17-18H2. The molecule has 1 aliphatic rings. The Bertz CT molecular complexity index is 1470. The third kappa shape index (κ3) is 3.97. The molecule has 3 aromatic carbocycles. The molecule has 3 heterocycles. The average molecular weight is 463 g/mol. The lowest BCUT2D eigenvalue weighted by Crippen LogP contribution is -2.54. The highest BCUT2D eigenvalue weighted by atomic mass is 32.1. The van der Waals surface area contributed by atoms with Gasteiger partial charge in [0.15, 0.2) is 0 Å². The number of pyridine rings is 1. The minimum absolute atomic E-state index is 0.0180. The molecule has 34 heavy (non-hydrogen) atoms. The first-order chi connectivity index (χ1) is 16.7. The largest absolute Gasteiger partial charge is 0.469 e. The Labute approximate surface area is 203 Å². The van der Waals surface area contributed by atoms with Crippen LogP contribution in [0.15, 0.2) is 102 Å². The molecular formula is C28H22N4OS. The van der Waals surface area contributed by atoms with Crippen LogP contribution >= 0.6 is 12.6 Å². The Morgan fingerprint density at radius 2 is 1.59 bits per heavy atom. The van der Waals surface area contributed by atoms with Crippen molar-refractivity contribution in [1.29, 1.82) is 0 Å². The second-order valence-corrected chi connectivity index (χ2v) is 8.80. The average Bonchev–Trinajstić information content (AvgIpc) is 2.87. The number of thiol groups is 1. The summed E-state index contributed by atoms with van der Waals surface area (Å²) in [6.45, 7) is 1.50. The molecule has 5 nitrogen and oxygen atoms in total. The maximum atomic E-state index is 6.30. The molecule has 166 valence electrons. The van der Waals surface area contributed by atoms with Gasteiger partial charge in [0.2, 0.25) is 5.88 Å². The molecule has 1 aliphatic heterocycles. The van der Waals surface area contributed by atoms with Crippen LogP contribution in [0.2, 0.25) is 0 Å². The van der Waals surface area contributed by atoms with Crippen molar-refractivity contribution in [3.63, 3.8) is 0 Å². The summed E-state index contributed by atoms with van der Waals surface area (Å²) >= 11 is 4.70. The van der Waals surface area contributed by atoms with Crippen LogP contribution in [-0.2, 0) is 0 Å². The Morgan fingerprint density at radius 1 is 0.794 bits per heavy atom. The van der Waals surface area contributed by atoms with Crippen molar-refractivity contribution in [3.05, 3.63) is 97.3 Å². The lowest BCUT2D eigenvalue weighted by molar-refractivity contribution is 0.160. The number of ether oxygens (including phenoxy) is 1. The van der Waals surface area contributed by atoms with Crippen molar-refractivity contribution in [2.45, 2.75) is 11.0 Å². The summed E-state index contributed by atoms with van der Waals surface area (Å²) in [6, 6.07) is 28.8. The van der Waals surface area contributed by atoms with Crippen LogP contribution in [0.4, 0.5) is 5.82 Å². The number of para-hydroxylation sites is 1. The summed E-state index contributed by atoms with van der Waals surface area (Å²) in [5, 5.41) is 1.14. The van der Waals surface area contributed by atoms with Crippen molar-refractivity contribution < 1.29 is 4.74 Å². The van der Waals surface area contributed by atoms with Gasteiger partial charge in [-0.3, -0.25) is 0 Å². The number of fused-ring (bicyclic) bond motifs is 1. The van der Waals surface area contributed by atoms with E-state index in [9.17, 15) is 0 Å². The van der Waals surface area contributed by atoms with Crippen LogP contribution in [0, 0.1) is 0 Å². The van der Waals surface area contributed by atoms with Crippen LogP contribution < -0.4 is 9.64 Å². The third-order valence-electron chi connectivity index (χ3n) is 6.06. The molecule has 0 unspecified atom stereocenters. The molecular weight excluding hydrogens is 440 g/mol. The molecule has 1 fully saturated rings. The van der Waals surface area contributed by atoms with E-state index in [-0.39, 0.29) is 6.10 Å². The fourth-order valence-electron chi connectivity index (χ4n) is 4.22. The number of anilines is 1. The van der Waals surface area contributed by atoms with Gasteiger partial charge in [0.05, 0.1) is 18.6 Å². The highest BCUT2D eigenvalue weighted by Gasteiger charge is 2.31. The van der Waals surface area contributed by atoms with Gasteiger partial charge in [0.1, 0.15) is 17.6 Å². The van der Waals surface area contributed by atoms with E-state index in [1.807, 2.05) is 42.5 Å². The van der Waals surface area contributed by atoms with E-state index >= 15 is 0 Å². The van der Waals surface area contributed by atoms with Crippen molar-refractivity contribution in [2.24, 2.45) is 0 Å². The SMILES string of the molecule is Sc1ccc(-c2ccccc2)cc1-c1nccnc1OC1CN(c2ccc3ccccc3n2)C1. The smallest absolute Gasteiger partial charge is 0.241 e. The van der Waals surface area contributed by atoms with Gasteiger partial charge in [-0.15, -0.1) is 12.6 Å². The Hall–Kier alpha value is -3.90. The van der Waals surface area contributed by atoms with E-state index in [2.05, 4.69) is 57.3 Å². The Morgan fingerprint density at radius 3 is 2.47 bits per heavy atom. The molecule has 1 saturated heterocycles. The van der Waals surface area contributed by atoms with Crippen LogP contribution in [0.1, 0.15) is 0 Å². The highest BCUT2D eigenvalue weighted by Crippen LogP contribution is 2.35. The van der Waals surface area contributed by atoms with Gasteiger partial charge in [-0.1, -0.05) is 54.6 Å². The van der Waals surface area contributed by atoms with Crippen molar-refractivity contribution >= 4 is 29.3 Å². The number of hydrogen-bond acceptors (Lipinski definition) is 6. The van der Waals surface area contributed by atoms with Gasteiger partial charge >= 0.3 is 0 Å². The van der Waals surface area contributed by atoms with E-state index in [0.29, 0.717) is 11.6 Å². The van der Waals surface area contributed by atoms with Crippen molar-refractivity contribution in [2.75, 3.05) is 18.0 Å². The van der Waals surface area contributed by atoms with Gasteiger partial charge in [0.25, 0.3) is 0 Å². The zero-order valence-electron chi connectivity index (χ0n) is 18.4. The summed E-state index contributed by atoms with van der Waals surface area (Å²) in [5.41, 5.74) is 4.84. The fourth-order valence-corrected chi connectivity index (χ4v) is 4.47. The number of nitrogens with zero attached hydrogens (tertiary/aromatic N) is 4. The lowest BCUT2D eigenvalue weighted by Gasteiger charge is -2.39.